The Morgan fingerprint density at radius 3 is 2.17 bits per heavy atom. The number of hydrogen-bond donors (Lipinski definition) is 3. The molecule has 0 radical (unpaired) electrons. The fraction of sp³-hybridized carbons (Fsp3) is 0.875. The average molecular weight is 174 g/mol. The van der Waals surface area contributed by atoms with Crippen molar-refractivity contribution in [2.75, 3.05) is 14.1 Å². The Balaban J connectivity index is 3.58. The fourth-order valence-electron chi connectivity index (χ4n) is 0.973. The molecule has 4 heteroatoms. The second kappa shape index (κ2) is 5.97. The van der Waals surface area contributed by atoms with E-state index in [2.05, 4.69) is 10.6 Å². The smallest absolute Gasteiger partial charge is 0.306 e. The highest BCUT2D eigenvalue weighted by atomic mass is 16.4. The molecule has 0 amide bonds. The lowest BCUT2D eigenvalue weighted by Crippen LogP contribution is -2.38. The van der Waals surface area contributed by atoms with Gasteiger partial charge in [0.05, 0.1) is 12.1 Å². The van der Waals surface area contributed by atoms with E-state index >= 15 is 0 Å². The second-order valence-electron chi connectivity index (χ2n) is 2.95. The molecule has 1 atom stereocenters. The first-order valence-electron chi connectivity index (χ1n) is 4.19. The Hall–Kier alpha value is -0.610. The highest BCUT2D eigenvalue weighted by Crippen LogP contribution is 2.06. The van der Waals surface area contributed by atoms with Crippen molar-refractivity contribution in [1.82, 2.24) is 10.6 Å². The highest BCUT2D eigenvalue weighted by Gasteiger charge is 2.12. The molecule has 1 unspecified atom stereocenters. The SMILES string of the molecule is CNC(CCC(C)C(=O)O)NC. The number of carbonyl (C=O) groups is 1. The summed E-state index contributed by atoms with van der Waals surface area (Å²) in [5, 5.41) is 14.7. The fourth-order valence-corrected chi connectivity index (χ4v) is 0.973. The number of aliphatic carboxylic acids is 1. The lowest BCUT2D eigenvalue weighted by molar-refractivity contribution is -0.141. The predicted octanol–water partition coefficient (Wildman–Crippen LogP) is 0.252. The van der Waals surface area contributed by atoms with Gasteiger partial charge in [-0.2, -0.15) is 0 Å². The molecule has 0 spiro atoms. The van der Waals surface area contributed by atoms with E-state index in [-0.39, 0.29) is 12.1 Å². The number of hydrogen-bond acceptors (Lipinski definition) is 3. The molecular weight excluding hydrogens is 156 g/mol. The van der Waals surface area contributed by atoms with E-state index in [0.29, 0.717) is 6.42 Å². The highest BCUT2D eigenvalue weighted by molar-refractivity contribution is 5.69. The van der Waals surface area contributed by atoms with Crippen molar-refractivity contribution < 1.29 is 9.90 Å². The summed E-state index contributed by atoms with van der Waals surface area (Å²) in [6.07, 6.45) is 1.74. The molecule has 0 aromatic rings. The van der Waals surface area contributed by atoms with Gasteiger partial charge in [-0.15, -0.1) is 0 Å². The summed E-state index contributed by atoms with van der Waals surface area (Å²) in [6.45, 7) is 1.73. The van der Waals surface area contributed by atoms with E-state index in [1.165, 1.54) is 0 Å². The van der Waals surface area contributed by atoms with E-state index in [1.807, 2.05) is 14.1 Å². The molecule has 0 aliphatic carbocycles. The molecule has 0 saturated carbocycles. The van der Waals surface area contributed by atoms with Gasteiger partial charge in [0.2, 0.25) is 0 Å². The van der Waals surface area contributed by atoms with Crippen LogP contribution in [0, 0.1) is 5.92 Å². The first kappa shape index (κ1) is 11.4. The summed E-state index contributed by atoms with van der Waals surface area (Å²) >= 11 is 0. The van der Waals surface area contributed by atoms with Crippen LogP contribution in [0.5, 0.6) is 0 Å². The van der Waals surface area contributed by atoms with Crippen LogP contribution in [-0.4, -0.2) is 31.3 Å². The zero-order valence-corrected chi connectivity index (χ0v) is 7.92. The summed E-state index contributed by atoms with van der Waals surface area (Å²) < 4.78 is 0. The molecule has 0 rings (SSSR count). The Bertz CT molecular complexity index is 135. The van der Waals surface area contributed by atoms with Gasteiger partial charge in [0.1, 0.15) is 0 Å². The summed E-state index contributed by atoms with van der Waals surface area (Å²) in [5.41, 5.74) is 0. The van der Waals surface area contributed by atoms with Crippen LogP contribution in [0.1, 0.15) is 19.8 Å². The van der Waals surface area contributed by atoms with Crippen molar-refractivity contribution in [3.63, 3.8) is 0 Å². The zero-order valence-electron chi connectivity index (χ0n) is 7.92. The van der Waals surface area contributed by atoms with Gasteiger partial charge in [0.25, 0.3) is 0 Å². The topological polar surface area (TPSA) is 61.4 Å². The van der Waals surface area contributed by atoms with E-state index < -0.39 is 5.97 Å². The van der Waals surface area contributed by atoms with Crippen LogP contribution in [-0.2, 0) is 4.79 Å². The Morgan fingerprint density at radius 1 is 1.33 bits per heavy atom. The molecule has 0 aliphatic rings. The van der Waals surface area contributed by atoms with Crippen molar-refractivity contribution in [3.8, 4) is 0 Å². The third-order valence-electron chi connectivity index (χ3n) is 2.01. The van der Waals surface area contributed by atoms with Gasteiger partial charge in [0.15, 0.2) is 0 Å². The zero-order chi connectivity index (χ0) is 9.56. The molecule has 0 heterocycles. The van der Waals surface area contributed by atoms with E-state index in [9.17, 15) is 4.79 Å². The van der Waals surface area contributed by atoms with Crippen LogP contribution in [0.15, 0.2) is 0 Å². The van der Waals surface area contributed by atoms with Crippen LogP contribution >= 0.6 is 0 Å². The quantitative estimate of drug-likeness (QED) is 0.505. The van der Waals surface area contributed by atoms with Gasteiger partial charge in [-0.3, -0.25) is 4.79 Å². The maximum atomic E-state index is 10.4. The van der Waals surface area contributed by atoms with Crippen molar-refractivity contribution in [2.24, 2.45) is 5.92 Å². The normalized spacial score (nSPS) is 13.3. The molecule has 12 heavy (non-hydrogen) atoms. The van der Waals surface area contributed by atoms with Crippen LogP contribution in [0.25, 0.3) is 0 Å². The molecule has 0 aromatic carbocycles. The molecule has 0 aliphatic heterocycles. The van der Waals surface area contributed by atoms with Gasteiger partial charge in [0, 0.05) is 0 Å². The minimum Gasteiger partial charge on any atom is -0.481 e. The summed E-state index contributed by atoms with van der Waals surface area (Å²) in [5.74, 6) is -0.977. The largest absolute Gasteiger partial charge is 0.481 e. The maximum absolute atomic E-state index is 10.4. The molecular formula is C8H18N2O2. The van der Waals surface area contributed by atoms with Gasteiger partial charge in [-0.05, 0) is 26.9 Å². The van der Waals surface area contributed by atoms with Gasteiger partial charge in [-0.25, -0.2) is 0 Å². The van der Waals surface area contributed by atoms with Gasteiger partial charge < -0.3 is 15.7 Å². The standard InChI is InChI=1S/C8H18N2O2/c1-6(8(11)12)4-5-7(9-2)10-3/h6-7,9-10H,4-5H2,1-3H3,(H,11,12). The monoisotopic (exact) mass is 174 g/mol. The maximum Gasteiger partial charge on any atom is 0.306 e. The third-order valence-corrected chi connectivity index (χ3v) is 2.01. The van der Waals surface area contributed by atoms with Crippen molar-refractivity contribution >= 4 is 5.97 Å². The minimum absolute atomic E-state index is 0.215. The minimum atomic E-state index is -0.721. The van der Waals surface area contributed by atoms with E-state index in [1.54, 1.807) is 6.92 Å². The molecule has 72 valence electrons. The van der Waals surface area contributed by atoms with Crippen LogP contribution in [0.3, 0.4) is 0 Å². The Morgan fingerprint density at radius 2 is 1.83 bits per heavy atom. The number of rotatable bonds is 6. The van der Waals surface area contributed by atoms with Gasteiger partial charge in [-0.1, -0.05) is 6.92 Å². The summed E-state index contributed by atoms with van der Waals surface area (Å²) in [6, 6.07) is 0. The molecule has 0 fully saturated rings. The van der Waals surface area contributed by atoms with Crippen LogP contribution in [0.4, 0.5) is 0 Å². The molecule has 0 saturated heterocycles. The second-order valence-corrected chi connectivity index (χ2v) is 2.95. The van der Waals surface area contributed by atoms with E-state index in [4.69, 9.17) is 5.11 Å². The molecule has 3 N–H and O–H groups in total. The van der Waals surface area contributed by atoms with Crippen molar-refractivity contribution in [1.29, 1.82) is 0 Å². The number of carboxylic acids is 1. The number of nitrogens with one attached hydrogen (secondary N) is 2. The molecule has 4 nitrogen and oxygen atoms in total. The first-order chi connectivity index (χ1) is 5.61. The Kier molecular flexibility index (Phi) is 5.66. The summed E-state index contributed by atoms with van der Waals surface area (Å²) in [7, 11) is 3.71. The molecule has 0 bridgehead atoms. The molecule has 0 aromatic heterocycles. The van der Waals surface area contributed by atoms with Gasteiger partial charge >= 0.3 is 5.97 Å². The Labute approximate surface area is 73.3 Å². The lowest BCUT2D eigenvalue weighted by atomic mass is 10.1. The van der Waals surface area contributed by atoms with E-state index in [0.717, 1.165) is 6.42 Å². The number of carboxylic acid groups (broad SMARTS) is 1. The van der Waals surface area contributed by atoms with Crippen molar-refractivity contribution in [2.45, 2.75) is 25.9 Å². The lowest BCUT2D eigenvalue weighted by Gasteiger charge is -2.15. The predicted molar refractivity (Wildman–Crippen MR) is 47.9 cm³/mol. The van der Waals surface area contributed by atoms with Crippen molar-refractivity contribution in [3.05, 3.63) is 0 Å². The average Bonchev–Trinajstić information content (AvgIpc) is 2.05. The third kappa shape index (κ3) is 4.31. The van der Waals surface area contributed by atoms with Crippen LogP contribution in [0.2, 0.25) is 0 Å². The first-order valence-corrected chi connectivity index (χ1v) is 4.19. The summed E-state index contributed by atoms with van der Waals surface area (Å²) in [4.78, 5) is 10.4. The van der Waals surface area contributed by atoms with Crippen LogP contribution < -0.4 is 10.6 Å².